The number of carbonyl (C=O) groups is 1. The van der Waals surface area contributed by atoms with Gasteiger partial charge in [0, 0.05) is 19.2 Å². The molecule has 6 heteroatoms. The van der Waals surface area contributed by atoms with Gasteiger partial charge in [0.05, 0.1) is 4.92 Å². The molecular formula is C9H11N3O3. The van der Waals surface area contributed by atoms with Crippen LogP contribution in [0.15, 0.2) is 24.3 Å². The van der Waals surface area contributed by atoms with E-state index in [1.165, 1.54) is 18.2 Å². The van der Waals surface area contributed by atoms with Crippen molar-refractivity contribution in [2.45, 2.75) is 0 Å². The third kappa shape index (κ3) is 2.75. The molecule has 0 saturated heterocycles. The van der Waals surface area contributed by atoms with Gasteiger partial charge in [0.2, 0.25) is 0 Å². The zero-order chi connectivity index (χ0) is 11.3. The zero-order valence-corrected chi connectivity index (χ0v) is 7.97. The minimum absolute atomic E-state index is 0.0518. The van der Waals surface area contributed by atoms with Crippen LogP contribution in [-0.4, -0.2) is 23.9 Å². The number of hydrogen-bond acceptors (Lipinski definition) is 4. The van der Waals surface area contributed by atoms with Gasteiger partial charge in [0.15, 0.2) is 0 Å². The van der Waals surface area contributed by atoms with E-state index < -0.39 is 10.8 Å². The highest BCUT2D eigenvalue weighted by Crippen LogP contribution is 2.16. The maximum Gasteiger partial charge on any atom is 0.282 e. The highest BCUT2D eigenvalue weighted by atomic mass is 16.6. The van der Waals surface area contributed by atoms with Gasteiger partial charge in [-0.3, -0.25) is 14.9 Å². The van der Waals surface area contributed by atoms with Crippen LogP contribution in [0.3, 0.4) is 0 Å². The summed E-state index contributed by atoms with van der Waals surface area (Å²) in [5.41, 5.74) is 5.05. The molecule has 0 aliphatic rings. The van der Waals surface area contributed by atoms with Crippen molar-refractivity contribution in [2.75, 3.05) is 13.1 Å². The molecule has 1 amide bonds. The number of nitrogens with zero attached hydrogens (tertiary/aromatic N) is 1. The van der Waals surface area contributed by atoms with Gasteiger partial charge in [-0.1, -0.05) is 12.1 Å². The SMILES string of the molecule is NCCNC(=O)c1ccccc1[N+](=O)[O-]. The Kier molecular flexibility index (Phi) is 3.75. The van der Waals surface area contributed by atoms with Crippen LogP contribution in [0.1, 0.15) is 10.4 Å². The van der Waals surface area contributed by atoms with Crippen molar-refractivity contribution >= 4 is 11.6 Å². The molecule has 80 valence electrons. The predicted octanol–water partition coefficient (Wildman–Crippen LogP) is 0.283. The predicted molar refractivity (Wildman–Crippen MR) is 54.5 cm³/mol. The van der Waals surface area contributed by atoms with Crippen LogP contribution in [0.4, 0.5) is 5.69 Å². The molecule has 15 heavy (non-hydrogen) atoms. The molecule has 6 nitrogen and oxygen atoms in total. The summed E-state index contributed by atoms with van der Waals surface area (Å²) in [5.74, 6) is -0.479. The summed E-state index contributed by atoms with van der Waals surface area (Å²) in [4.78, 5) is 21.5. The van der Waals surface area contributed by atoms with E-state index in [0.29, 0.717) is 13.1 Å². The fourth-order valence-electron chi connectivity index (χ4n) is 1.11. The highest BCUT2D eigenvalue weighted by molar-refractivity contribution is 5.98. The number of nitro groups is 1. The molecule has 0 saturated carbocycles. The average molecular weight is 209 g/mol. The second-order valence-electron chi connectivity index (χ2n) is 2.82. The molecule has 0 unspecified atom stereocenters. The smallest absolute Gasteiger partial charge is 0.282 e. The first kappa shape index (κ1) is 11.1. The Hall–Kier alpha value is -1.95. The summed E-state index contributed by atoms with van der Waals surface area (Å²) < 4.78 is 0. The lowest BCUT2D eigenvalue weighted by Crippen LogP contribution is -2.29. The monoisotopic (exact) mass is 209 g/mol. The highest BCUT2D eigenvalue weighted by Gasteiger charge is 2.18. The molecule has 0 atom stereocenters. The van der Waals surface area contributed by atoms with Gasteiger partial charge in [-0.25, -0.2) is 0 Å². The molecule has 0 bridgehead atoms. The first-order valence-electron chi connectivity index (χ1n) is 4.38. The van der Waals surface area contributed by atoms with E-state index in [1.54, 1.807) is 6.07 Å². The minimum atomic E-state index is -0.586. The summed E-state index contributed by atoms with van der Waals surface area (Å²) in [5, 5.41) is 13.1. The standard InChI is InChI=1S/C9H11N3O3/c10-5-6-11-9(13)7-3-1-2-4-8(7)12(14)15/h1-4H,5-6,10H2,(H,11,13). The number of rotatable bonds is 4. The van der Waals surface area contributed by atoms with Crippen LogP contribution in [0.2, 0.25) is 0 Å². The van der Waals surface area contributed by atoms with Crippen molar-refractivity contribution in [1.82, 2.24) is 5.32 Å². The fraction of sp³-hybridized carbons (Fsp3) is 0.222. The van der Waals surface area contributed by atoms with Crippen LogP contribution in [-0.2, 0) is 0 Å². The number of nitrogens with two attached hydrogens (primary N) is 1. The Morgan fingerprint density at radius 1 is 1.47 bits per heavy atom. The second kappa shape index (κ2) is 5.06. The molecule has 0 spiro atoms. The van der Waals surface area contributed by atoms with Crippen molar-refractivity contribution in [3.8, 4) is 0 Å². The van der Waals surface area contributed by atoms with Crippen LogP contribution in [0, 0.1) is 10.1 Å². The topological polar surface area (TPSA) is 98.3 Å². The van der Waals surface area contributed by atoms with Gasteiger partial charge in [0.1, 0.15) is 5.56 Å². The van der Waals surface area contributed by atoms with Crippen molar-refractivity contribution in [1.29, 1.82) is 0 Å². The van der Waals surface area contributed by atoms with Crippen molar-refractivity contribution in [3.63, 3.8) is 0 Å². The molecule has 1 aromatic carbocycles. The Bertz CT molecular complexity index is 379. The molecule has 0 fully saturated rings. The van der Waals surface area contributed by atoms with E-state index in [9.17, 15) is 14.9 Å². The summed E-state index contributed by atoms with van der Waals surface area (Å²) in [6, 6.07) is 5.78. The van der Waals surface area contributed by atoms with E-state index in [4.69, 9.17) is 5.73 Å². The van der Waals surface area contributed by atoms with Gasteiger partial charge in [-0.05, 0) is 6.07 Å². The van der Waals surface area contributed by atoms with Crippen LogP contribution >= 0.6 is 0 Å². The van der Waals surface area contributed by atoms with Gasteiger partial charge >= 0.3 is 0 Å². The summed E-state index contributed by atoms with van der Waals surface area (Å²) in [6.07, 6.45) is 0. The lowest BCUT2D eigenvalue weighted by atomic mass is 10.1. The van der Waals surface area contributed by atoms with Crippen LogP contribution in [0.5, 0.6) is 0 Å². The Balaban J connectivity index is 2.92. The van der Waals surface area contributed by atoms with Crippen molar-refractivity contribution in [3.05, 3.63) is 39.9 Å². The minimum Gasteiger partial charge on any atom is -0.351 e. The van der Waals surface area contributed by atoms with Crippen molar-refractivity contribution < 1.29 is 9.72 Å². The fourth-order valence-corrected chi connectivity index (χ4v) is 1.11. The number of nitrogens with one attached hydrogen (secondary N) is 1. The van der Waals surface area contributed by atoms with Crippen LogP contribution < -0.4 is 11.1 Å². The number of nitro benzene ring substituents is 1. The first-order valence-corrected chi connectivity index (χ1v) is 4.38. The molecule has 1 rings (SSSR count). The Morgan fingerprint density at radius 3 is 2.73 bits per heavy atom. The van der Waals surface area contributed by atoms with E-state index in [1.807, 2.05) is 0 Å². The maximum absolute atomic E-state index is 11.5. The third-order valence-corrected chi connectivity index (χ3v) is 1.78. The van der Waals surface area contributed by atoms with E-state index in [-0.39, 0.29) is 11.3 Å². The number of amides is 1. The lowest BCUT2D eigenvalue weighted by Gasteiger charge is -2.03. The Labute approximate surface area is 86.2 Å². The number of hydrogen-bond donors (Lipinski definition) is 2. The largest absolute Gasteiger partial charge is 0.351 e. The van der Waals surface area contributed by atoms with E-state index in [2.05, 4.69) is 5.32 Å². The molecule has 0 aromatic heterocycles. The maximum atomic E-state index is 11.5. The van der Waals surface area contributed by atoms with Gasteiger partial charge < -0.3 is 11.1 Å². The van der Waals surface area contributed by atoms with Gasteiger partial charge in [0.25, 0.3) is 11.6 Å². The first-order chi connectivity index (χ1) is 7.16. The normalized spacial score (nSPS) is 9.67. The van der Waals surface area contributed by atoms with Crippen LogP contribution in [0.25, 0.3) is 0 Å². The lowest BCUT2D eigenvalue weighted by molar-refractivity contribution is -0.385. The number of carbonyl (C=O) groups excluding carboxylic acids is 1. The molecule has 0 heterocycles. The average Bonchev–Trinajstić information content (AvgIpc) is 2.25. The quantitative estimate of drug-likeness (QED) is 0.549. The zero-order valence-electron chi connectivity index (χ0n) is 7.97. The molecule has 0 radical (unpaired) electrons. The Morgan fingerprint density at radius 2 is 2.13 bits per heavy atom. The van der Waals surface area contributed by atoms with Gasteiger partial charge in [-0.2, -0.15) is 0 Å². The molecule has 0 aliphatic heterocycles. The van der Waals surface area contributed by atoms with E-state index >= 15 is 0 Å². The number of benzene rings is 1. The van der Waals surface area contributed by atoms with Gasteiger partial charge in [-0.15, -0.1) is 0 Å². The number of para-hydroxylation sites is 1. The molecule has 1 aromatic rings. The van der Waals surface area contributed by atoms with Crippen molar-refractivity contribution in [2.24, 2.45) is 5.73 Å². The molecule has 3 N–H and O–H groups in total. The second-order valence-corrected chi connectivity index (χ2v) is 2.82. The molecule has 0 aliphatic carbocycles. The van der Waals surface area contributed by atoms with E-state index in [0.717, 1.165) is 0 Å². The summed E-state index contributed by atoms with van der Waals surface area (Å²) >= 11 is 0. The summed E-state index contributed by atoms with van der Waals surface area (Å²) in [6.45, 7) is 0.594. The molecular weight excluding hydrogens is 198 g/mol. The third-order valence-electron chi connectivity index (χ3n) is 1.78. The summed E-state index contributed by atoms with van der Waals surface area (Å²) in [7, 11) is 0.